The second-order valence-corrected chi connectivity index (χ2v) is 4.47. The van der Waals surface area contributed by atoms with Crippen LogP contribution in [0, 0.1) is 15.5 Å². The molecular weight excluding hydrogens is 266 g/mol. The first-order valence-electron chi connectivity index (χ1n) is 5.16. The van der Waals surface area contributed by atoms with Gasteiger partial charge in [0.2, 0.25) is 0 Å². The Kier molecular flexibility index (Phi) is 3.71. The van der Waals surface area contributed by atoms with Gasteiger partial charge in [0.15, 0.2) is 5.16 Å². The predicted molar refractivity (Wildman–Crippen MR) is 70.3 cm³/mol. The molecule has 1 aromatic heterocycles. The molecule has 19 heavy (non-hydrogen) atoms. The molecule has 2 rings (SSSR count). The highest BCUT2D eigenvalue weighted by molar-refractivity contribution is 7.99. The minimum atomic E-state index is -0.461. The lowest BCUT2D eigenvalue weighted by Crippen LogP contribution is -2.13. The topological polar surface area (TPSA) is 119 Å². The van der Waals surface area contributed by atoms with Crippen molar-refractivity contribution in [2.75, 3.05) is 0 Å². The maximum Gasteiger partial charge on any atom is 0.283 e. The van der Waals surface area contributed by atoms with Gasteiger partial charge in [-0.1, -0.05) is 12.1 Å². The largest absolute Gasteiger partial charge is 0.382 e. The van der Waals surface area contributed by atoms with Gasteiger partial charge >= 0.3 is 0 Å². The highest BCUT2D eigenvalue weighted by atomic mass is 32.2. The molecule has 0 aliphatic heterocycles. The molecule has 0 spiro atoms. The summed E-state index contributed by atoms with van der Waals surface area (Å²) in [6.07, 6.45) is 1.46. The standard InChI is InChI=1S/C11H9N5O2S/c12-10(13)7-5-6-14-11(15-7)19-9-4-2-1-3-8(9)16(17)18/h1-6H,(H3,12,13). The van der Waals surface area contributed by atoms with E-state index in [4.69, 9.17) is 11.1 Å². The lowest BCUT2D eigenvalue weighted by Gasteiger charge is -2.02. The maximum absolute atomic E-state index is 10.9. The van der Waals surface area contributed by atoms with Gasteiger partial charge in [-0.05, 0) is 23.9 Å². The molecule has 0 fully saturated rings. The minimum Gasteiger partial charge on any atom is -0.382 e. The number of nitrogens with one attached hydrogen (secondary N) is 1. The Bertz CT molecular complexity index is 646. The number of nitrogen functional groups attached to an aromatic ring is 1. The molecule has 0 unspecified atom stereocenters. The number of hydrogen-bond acceptors (Lipinski definition) is 6. The molecule has 1 aromatic carbocycles. The van der Waals surface area contributed by atoms with Gasteiger partial charge in [0.25, 0.3) is 5.69 Å². The second-order valence-electron chi connectivity index (χ2n) is 3.47. The van der Waals surface area contributed by atoms with Crippen molar-refractivity contribution in [2.24, 2.45) is 5.73 Å². The molecule has 7 nitrogen and oxygen atoms in total. The fourth-order valence-corrected chi connectivity index (χ4v) is 2.18. The van der Waals surface area contributed by atoms with E-state index in [-0.39, 0.29) is 17.2 Å². The zero-order valence-corrected chi connectivity index (χ0v) is 10.4. The second kappa shape index (κ2) is 5.44. The lowest BCUT2D eigenvalue weighted by atomic mass is 10.3. The van der Waals surface area contributed by atoms with E-state index in [2.05, 4.69) is 9.97 Å². The SMILES string of the molecule is N=C(N)c1ccnc(Sc2ccccc2[N+](=O)[O-])n1. The molecule has 0 bridgehead atoms. The zero-order valence-electron chi connectivity index (χ0n) is 9.61. The van der Waals surface area contributed by atoms with Crippen LogP contribution in [0.4, 0.5) is 5.69 Å². The van der Waals surface area contributed by atoms with Crippen molar-refractivity contribution in [3.05, 3.63) is 52.3 Å². The summed E-state index contributed by atoms with van der Waals surface area (Å²) in [5, 5.41) is 18.5. The van der Waals surface area contributed by atoms with E-state index < -0.39 is 4.92 Å². The fraction of sp³-hybridized carbons (Fsp3) is 0. The van der Waals surface area contributed by atoms with Crippen molar-refractivity contribution < 1.29 is 4.92 Å². The van der Waals surface area contributed by atoms with Crippen molar-refractivity contribution in [2.45, 2.75) is 10.1 Å². The van der Waals surface area contributed by atoms with Crippen LogP contribution in [0.15, 0.2) is 46.6 Å². The smallest absolute Gasteiger partial charge is 0.283 e. The first-order chi connectivity index (χ1) is 9.08. The van der Waals surface area contributed by atoms with Crippen LogP contribution in [0.1, 0.15) is 5.69 Å². The number of hydrogen-bond donors (Lipinski definition) is 2. The van der Waals surface area contributed by atoms with Crippen LogP contribution in [0.5, 0.6) is 0 Å². The quantitative estimate of drug-likeness (QED) is 0.289. The third-order valence-electron chi connectivity index (χ3n) is 2.17. The van der Waals surface area contributed by atoms with E-state index in [1.807, 2.05) is 0 Å². The van der Waals surface area contributed by atoms with Gasteiger partial charge in [0, 0.05) is 12.3 Å². The number of rotatable bonds is 4. The number of nitro groups is 1. The zero-order chi connectivity index (χ0) is 13.8. The van der Waals surface area contributed by atoms with Crippen molar-refractivity contribution in [3.8, 4) is 0 Å². The molecule has 0 saturated heterocycles. The summed E-state index contributed by atoms with van der Waals surface area (Å²) in [5.41, 5.74) is 5.61. The summed E-state index contributed by atoms with van der Waals surface area (Å²) in [4.78, 5) is 18.9. The van der Waals surface area contributed by atoms with Gasteiger partial charge < -0.3 is 5.73 Å². The molecular formula is C11H9N5O2S. The Balaban J connectivity index is 2.34. The summed E-state index contributed by atoms with van der Waals surface area (Å²) in [7, 11) is 0. The summed E-state index contributed by atoms with van der Waals surface area (Å²) in [6.45, 7) is 0. The first-order valence-corrected chi connectivity index (χ1v) is 5.98. The molecule has 0 aliphatic rings. The van der Waals surface area contributed by atoms with Crippen molar-refractivity contribution >= 4 is 23.3 Å². The Morgan fingerprint density at radius 3 is 2.79 bits per heavy atom. The fourth-order valence-electron chi connectivity index (χ4n) is 1.33. The summed E-state index contributed by atoms with van der Waals surface area (Å²) in [6, 6.07) is 7.83. The number of nitro benzene ring substituents is 1. The van der Waals surface area contributed by atoms with E-state index >= 15 is 0 Å². The summed E-state index contributed by atoms with van der Waals surface area (Å²) in [5.74, 6) is -0.174. The number of amidine groups is 1. The van der Waals surface area contributed by atoms with Crippen molar-refractivity contribution in [1.82, 2.24) is 9.97 Å². The Morgan fingerprint density at radius 2 is 2.11 bits per heavy atom. The Labute approximate surface area is 112 Å². The molecule has 0 radical (unpaired) electrons. The van der Waals surface area contributed by atoms with Crippen LogP contribution in [-0.2, 0) is 0 Å². The number of nitrogens with two attached hydrogens (primary N) is 1. The maximum atomic E-state index is 10.9. The van der Waals surface area contributed by atoms with Crippen molar-refractivity contribution in [1.29, 1.82) is 5.41 Å². The summed E-state index contributed by atoms with van der Waals surface area (Å²) < 4.78 is 0. The molecule has 0 saturated carbocycles. The third kappa shape index (κ3) is 3.05. The number of para-hydroxylation sites is 1. The van der Waals surface area contributed by atoms with Gasteiger partial charge in [0.1, 0.15) is 11.5 Å². The van der Waals surface area contributed by atoms with Crippen LogP contribution in [0.25, 0.3) is 0 Å². The van der Waals surface area contributed by atoms with E-state index in [0.717, 1.165) is 11.8 Å². The lowest BCUT2D eigenvalue weighted by molar-refractivity contribution is -0.387. The molecule has 0 atom stereocenters. The molecule has 2 aromatic rings. The van der Waals surface area contributed by atoms with Crippen LogP contribution in [-0.4, -0.2) is 20.7 Å². The highest BCUT2D eigenvalue weighted by Crippen LogP contribution is 2.32. The van der Waals surface area contributed by atoms with Gasteiger partial charge in [-0.25, -0.2) is 9.97 Å². The van der Waals surface area contributed by atoms with E-state index in [9.17, 15) is 10.1 Å². The number of aromatic nitrogens is 2. The summed E-state index contributed by atoms with van der Waals surface area (Å²) >= 11 is 1.06. The predicted octanol–water partition coefficient (Wildman–Crippen LogP) is 1.82. The molecule has 1 heterocycles. The minimum absolute atomic E-state index is 0.00988. The molecule has 0 amide bonds. The van der Waals surface area contributed by atoms with Crippen LogP contribution >= 0.6 is 11.8 Å². The number of benzene rings is 1. The molecule has 0 aliphatic carbocycles. The average Bonchev–Trinajstić information content (AvgIpc) is 2.39. The average molecular weight is 275 g/mol. The van der Waals surface area contributed by atoms with Crippen LogP contribution < -0.4 is 5.73 Å². The monoisotopic (exact) mass is 275 g/mol. The van der Waals surface area contributed by atoms with E-state index in [1.165, 1.54) is 18.3 Å². The first kappa shape index (κ1) is 13.0. The van der Waals surface area contributed by atoms with Crippen LogP contribution in [0.3, 0.4) is 0 Å². The van der Waals surface area contributed by atoms with Gasteiger partial charge in [-0.3, -0.25) is 15.5 Å². The van der Waals surface area contributed by atoms with E-state index in [0.29, 0.717) is 10.1 Å². The normalized spacial score (nSPS) is 10.1. The number of nitrogens with zero attached hydrogens (tertiary/aromatic N) is 3. The molecule has 96 valence electrons. The van der Waals surface area contributed by atoms with Gasteiger partial charge in [-0.15, -0.1) is 0 Å². The van der Waals surface area contributed by atoms with Crippen molar-refractivity contribution in [3.63, 3.8) is 0 Å². The van der Waals surface area contributed by atoms with Gasteiger partial charge in [0.05, 0.1) is 9.82 Å². The van der Waals surface area contributed by atoms with Gasteiger partial charge in [-0.2, -0.15) is 0 Å². The highest BCUT2D eigenvalue weighted by Gasteiger charge is 2.15. The van der Waals surface area contributed by atoms with E-state index in [1.54, 1.807) is 18.2 Å². The molecule has 8 heteroatoms. The third-order valence-corrected chi connectivity index (χ3v) is 3.12. The Hall–Kier alpha value is -2.48. The van der Waals surface area contributed by atoms with Crippen LogP contribution in [0.2, 0.25) is 0 Å². The molecule has 3 N–H and O–H groups in total. The Morgan fingerprint density at radius 1 is 1.37 bits per heavy atom.